The molecular weight excluding hydrogens is 370 g/mol. The second kappa shape index (κ2) is 6.58. The third-order valence-electron chi connectivity index (χ3n) is 5.87. The summed E-state index contributed by atoms with van der Waals surface area (Å²) in [5, 5.41) is 29.8. The molecule has 0 radical (unpaired) electrons. The number of benzene rings is 1. The fourth-order valence-electron chi connectivity index (χ4n) is 4.42. The van der Waals surface area contributed by atoms with Gasteiger partial charge in [0.25, 0.3) is 0 Å². The summed E-state index contributed by atoms with van der Waals surface area (Å²) in [5.74, 6) is -0.141. The van der Waals surface area contributed by atoms with Crippen molar-refractivity contribution in [2.24, 2.45) is 17.1 Å². The Bertz CT molecular complexity index is 1080. The fourth-order valence-corrected chi connectivity index (χ4v) is 4.42. The van der Waals surface area contributed by atoms with Gasteiger partial charge in [-0.25, -0.2) is 0 Å². The van der Waals surface area contributed by atoms with E-state index >= 15 is 0 Å². The summed E-state index contributed by atoms with van der Waals surface area (Å²) in [4.78, 5) is 13.6. The van der Waals surface area contributed by atoms with Crippen molar-refractivity contribution in [3.63, 3.8) is 0 Å². The minimum atomic E-state index is -1.75. The molecule has 0 saturated carbocycles. The van der Waals surface area contributed by atoms with E-state index in [0.29, 0.717) is 29.2 Å². The first-order valence-corrected chi connectivity index (χ1v) is 9.05. The minimum Gasteiger partial charge on any atom is -0.454 e. The van der Waals surface area contributed by atoms with Crippen LogP contribution in [0, 0.1) is 45.3 Å². The van der Waals surface area contributed by atoms with Crippen LogP contribution in [0.2, 0.25) is 0 Å². The molecule has 8 nitrogen and oxygen atoms in total. The van der Waals surface area contributed by atoms with Crippen molar-refractivity contribution in [3.8, 4) is 29.7 Å². The standard InChI is InChI=1S/C21H17N5O3/c1-12(27)26-5-4-14-15(7-22)20(25)21(9-23,10-24)19(16(14)8-26)13-2-3-17-18(6-13)29-11-28-17/h2-4,6,16,19H,5,8,11,25H2,1H3. The van der Waals surface area contributed by atoms with Crippen LogP contribution in [0.15, 0.2) is 41.1 Å². The monoisotopic (exact) mass is 387 g/mol. The van der Waals surface area contributed by atoms with Crippen molar-refractivity contribution in [2.75, 3.05) is 19.9 Å². The van der Waals surface area contributed by atoms with Gasteiger partial charge in [0.1, 0.15) is 6.07 Å². The number of rotatable bonds is 1. The Kier molecular flexibility index (Phi) is 4.18. The minimum absolute atomic E-state index is 0.0496. The Hall–Kier alpha value is -3.96. The first-order valence-electron chi connectivity index (χ1n) is 9.05. The Labute approximate surface area is 167 Å². The van der Waals surface area contributed by atoms with Crippen molar-refractivity contribution in [3.05, 3.63) is 46.7 Å². The van der Waals surface area contributed by atoms with Crippen molar-refractivity contribution in [1.82, 2.24) is 4.90 Å². The Morgan fingerprint density at radius 1 is 1.24 bits per heavy atom. The lowest BCUT2D eigenvalue weighted by atomic mass is 9.58. The molecule has 8 heteroatoms. The smallest absolute Gasteiger partial charge is 0.231 e. The zero-order chi connectivity index (χ0) is 20.8. The summed E-state index contributed by atoms with van der Waals surface area (Å²) in [6, 6.07) is 11.5. The van der Waals surface area contributed by atoms with E-state index in [2.05, 4.69) is 18.2 Å². The summed E-state index contributed by atoms with van der Waals surface area (Å²) in [7, 11) is 0. The first-order chi connectivity index (χ1) is 14.0. The van der Waals surface area contributed by atoms with Gasteiger partial charge in [0, 0.05) is 31.8 Å². The molecule has 1 aromatic rings. The third-order valence-corrected chi connectivity index (χ3v) is 5.87. The Morgan fingerprint density at radius 3 is 2.62 bits per heavy atom. The van der Waals surface area contributed by atoms with Crippen molar-refractivity contribution < 1.29 is 14.3 Å². The second-order valence-electron chi connectivity index (χ2n) is 7.21. The summed E-state index contributed by atoms with van der Waals surface area (Å²) >= 11 is 0. The molecule has 3 aliphatic rings. The Morgan fingerprint density at radius 2 is 1.97 bits per heavy atom. The number of carbonyl (C=O) groups is 1. The number of nitriles is 3. The normalized spacial score (nSPS) is 23.9. The topological polar surface area (TPSA) is 136 Å². The van der Waals surface area contributed by atoms with Gasteiger partial charge >= 0.3 is 0 Å². The van der Waals surface area contributed by atoms with Crippen molar-refractivity contribution in [2.45, 2.75) is 12.8 Å². The lowest BCUT2D eigenvalue weighted by Gasteiger charge is -2.45. The molecule has 2 N–H and O–H groups in total. The van der Waals surface area contributed by atoms with Gasteiger partial charge in [-0.2, -0.15) is 15.8 Å². The highest BCUT2D eigenvalue weighted by molar-refractivity contribution is 5.74. The van der Waals surface area contributed by atoms with E-state index in [0.717, 1.165) is 0 Å². The molecular formula is C21H17N5O3. The SMILES string of the molecule is CC(=O)N1CC=C2C(C#N)=C(N)C(C#N)(C#N)C(c3ccc4c(c3)OCO4)C2C1. The van der Waals surface area contributed by atoms with E-state index in [4.69, 9.17) is 15.2 Å². The lowest BCUT2D eigenvalue weighted by Crippen LogP contribution is -2.48. The molecule has 1 amide bonds. The predicted molar refractivity (Wildman–Crippen MR) is 99.6 cm³/mol. The molecule has 0 bridgehead atoms. The third kappa shape index (κ3) is 2.52. The molecule has 1 aliphatic carbocycles. The van der Waals surface area contributed by atoms with E-state index in [1.807, 2.05) is 0 Å². The predicted octanol–water partition coefficient (Wildman–Crippen LogP) is 1.69. The van der Waals surface area contributed by atoms with Gasteiger partial charge in [0.15, 0.2) is 16.9 Å². The molecule has 0 spiro atoms. The molecule has 2 aliphatic heterocycles. The van der Waals surface area contributed by atoms with Crippen LogP contribution in [0.5, 0.6) is 11.5 Å². The number of hydrogen-bond donors (Lipinski definition) is 1. The van der Waals surface area contributed by atoms with Crippen LogP contribution in [-0.4, -0.2) is 30.7 Å². The zero-order valence-electron chi connectivity index (χ0n) is 15.7. The highest BCUT2D eigenvalue weighted by atomic mass is 16.7. The first kappa shape index (κ1) is 18.4. The summed E-state index contributed by atoms with van der Waals surface area (Å²) in [6.07, 6.45) is 1.79. The van der Waals surface area contributed by atoms with Gasteiger partial charge in [0.2, 0.25) is 12.7 Å². The van der Waals surface area contributed by atoms with Crippen molar-refractivity contribution in [1.29, 1.82) is 15.8 Å². The summed E-state index contributed by atoms with van der Waals surface area (Å²) in [5.41, 5.74) is 5.96. The molecule has 0 fully saturated rings. The van der Waals surface area contributed by atoms with Gasteiger partial charge in [-0.3, -0.25) is 4.79 Å². The van der Waals surface area contributed by atoms with Crippen LogP contribution in [0.1, 0.15) is 18.4 Å². The number of amides is 1. The van der Waals surface area contributed by atoms with Crippen LogP contribution >= 0.6 is 0 Å². The zero-order valence-corrected chi connectivity index (χ0v) is 15.7. The van der Waals surface area contributed by atoms with Crippen LogP contribution < -0.4 is 15.2 Å². The van der Waals surface area contributed by atoms with Gasteiger partial charge in [-0.1, -0.05) is 12.1 Å². The van der Waals surface area contributed by atoms with Crippen molar-refractivity contribution >= 4 is 5.91 Å². The number of fused-ring (bicyclic) bond motifs is 2. The quantitative estimate of drug-likeness (QED) is 0.774. The highest BCUT2D eigenvalue weighted by Gasteiger charge is 2.54. The lowest BCUT2D eigenvalue weighted by molar-refractivity contribution is -0.129. The molecule has 144 valence electrons. The molecule has 0 saturated heterocycles. The van der Waals surface area contributed by atoms with E-state index < -0.39 is 17.3 Å². The van der Waals surface area contributed by atoms with Gasteiger partial charge < -0.3 is 20.1 Å². The average Bonchev–Trinajstić information content (AvgIpc) is 3.20. The molecule has 2 atom stereocenters. The number of nitrogens with two attached hydrogens (primary N) is 1. The molecule has 1 aromatic carbocycles. The number of allylic oxidation sites excluding steroid dienone is 2. The molecule has 29 heavy (non-hydrogen) atoms. The van der Waals surface area contributed by atoms with Crippen LogP contribution in [0.25, 0.3) is 0 Å². The molecule has 2 unspecified atom stereocenters. The maximum absolute atomic E-state index is 12.0. The van der Waals surface area contributed by atoms with Crippen LogP contribution in [0.4, 0.5) is 0 Å². The molecule has 0 aromatic heterocycles. The maximum atomic E-state index is 12.0. The fraction of sp³-hybridized carbons (Fsp3) is 0.333. The van der Waals surface area contributed by atoms with Gasteiger partial charge in [0.05, 0.1) is 23.4 Å². The van der Waals surface area contributed by atoms with Gasteiger partial charge in [-0.05, 0) is 23.3 Å². The molecule has 2 heterocycles. The Balaban J connectivity index is 1.97. The number of nitrogens with zero attached hydrogens (tertiary/aromatic N) is 4. The van der Waals surface area contributed by atoms with Crippen LogP contribution in [-0.2, 0) is 4.79 Å². The second-order valence-corrected chi connectivity index (χ2v) is 7.21. The van der Waals surface area contributed by atoms with E-state index in [1.54, 1.807) is 29.2 Å². The number of ether oxygens (including phenoxy) is 2. The molecule has 4 rings (SSSR count). The van der Waals surface area contributed by atoms with Gasteiger partial charge in [-0.15, -0.1) is 0 Å². The maximum Gasteiger partial charge on any atom is 0.231 e. The largest absolute Gasteiger partial charge is 0.454 e. The number of hydrogen-bond acceptors (Lipinski definition) is 7. The van der Waals surface area contributed by atoms with Crippen LogP contribution in [0.3, 0.4) is 0 Å². The highest BCUT2D eigenvalue weighted by Crippen LogP contribution is 2.55. The van der Waals surface area contributed by atoms with E-state index in [1.165, 1.54) is 6.92 Å². The summed E-state index contributed by atoms with van der Waals surface area (Å²) in [6.45, 7) is 2.19. The summed E-state index contributed by atoms with van der Waals surface area (Å²) < 4.78 is 10.8. The van der Waals surface area contributed by atoms with E-state index in [-0.39, 0.29) is 30.5 Å². The van der Waals surface area contributed by atoms with E-state index in [9.17, 15) is 20.6 Å². The number of carbonyl (C=O) groups excluding carboxylic acids is 1. The average molecular weight is 387 g/mol.